The van der Waals surface area contributed by atoms with E-state index in [0.29, 0.717) is 5.92 Å². The Morgan fingerprint density at radius 1 is 1.33 bits per heavy atom. The summed E-state index contributed by atoms with van der Waals surface area (Å²) in [6.45, 7) is 13.1. The number of aliphatic hydroxyl groups excluding tert-OH is 1. The fraction of sp³-hybridized carbons (Fsp3) is 0.895. The first-order valence-corrected chi connectivity index (χ1v) is 9.92. The van der Waals surface area contributed by atoms with Gasteiger partial charge in [-0.05, 0) is 52.9 Å². The van der Waals surface area contributed by atoms with E-state index in [-0.39, 0.29) is 42.7 Å². The molecule has 0 saturated carbocycles. The molecule has 8 heteroatoms. The largest absolute Gasteiger partial charge is 0.444 e. The summed E-state index contributed by atoms with van der Waals surface area (Å²) in [5.74, 6) is 1.30. The van der Waals surface area contributed by atoms with Crippen molar-refractivity contribution in [3.8, 4) is 0 Å². The molecule has 0 aromatic carbocycles. The van der Waals surface area contributed by atoms with Crippen LogP contribution in [-0.4, -0.2) is 66.5 Å². The molecular formula is C19H39IN4O3. The number of rotatable bonds is 8. The minimum atomic E-state index is -0.486. The van der Waals surface area contributed by atoms with Crippen LogP contribution in [0, 0.1) is 5.92 Å². The first kappa shape index (κ1) is 26.2. The summed E-state index contributed by atoms with van der Waals surface area (Å²) in [4.78, 5) is 18.9. The number of likely N-dealkylation sites (tertiary alicyclic amines) is 1. The van der Waals surface area contributed by atoms with Gasteiger partial charge in [-0.2, -0.15) is 0 Å². The Kier molecular flexibility index (Phi) is 13.0. The minimum Gasteiger partial charge on any atom is -0.444 e. The molecule has 1 amide bonds. The molecule has 0 aromatic heterocycles. The van der Waals surface area contributed by atoms with Crippen molar-refractivity contribution in [2.24, 2.45) is 10.9 Å². The monoisotopic (exact) mass is 498 g/mol. The standard InChI is InChI=1S/C19H38N4O3.HI/c1-6-8-15(10-12-24)13-21-17(20-7-2)23-11-9-16(14-23)22-18(25)26-19(3,4)5;/h15-16,24H,6-14H2,1-5H3,(H,20,21)(H,22,25);1H. The Balaban J connectivity index is 0.00000676. The van der Waals surface area contributed by atoms with Crippen LogP contribution in [0.2, 0.25) is 0 Å². The SMILES string of the molecule is CCCC(CCO)CN=C(NCC)N1CCC(NC(=O)OC(C)(C)C)C1.I. The number of guanidine groups is 1. The third-order valence-corrected chi connectivity index (χ3v) is 4.28. The smallest absolute Gasteiger partial charge is 0.407 e. The second-order valence-corrected chi connectivity index (χ2v) is 7.94. The summed E-state index contributed by atoms with van der Waals surface area (Å²) >= 11 is 0. The number of aliphatic hydroxyl groups is 1. The highest BCUT2D eigenvalue weighted by Gasteiger charge is 2.28. The van der Waals surface area contributed by atoms with Crippen LogP contribution in [0.5, 0.6) is 0 Å². The molecule has 1 aliphatic rings. The van der Waals surface area contributed by atoms with Crippen LogP contribution in [0.15, 0.2) is 4.99 Å². The zero-order valence-corrected chi connectivity index (χ0v) is 19.9. The molecule has 0 bridgehead atoms. The molecule has 1 fully saturated rings. The number of alkyl carbamates (subject to hydrolysis) is 1. The maximum Gasteiger partial charge on any atom is 0.407 e. The maximum absolute atomic E-state index is 12.0. The van der Waals surface area contributed by atoms with Crippen molar-refractivity contribution in [1.29, 1.82) is 0 Å². The summed E-state index contributed by atoms with van der Waals surface area (Å²) in [7, 11) is 0. The lowest BCUT2D eigenvalue weighted by molar-refractivity contribution is 0.0507. The van der Waals surface area contributed by atoms with Gasteiger partial charge in [0.15, 0.2) is 5.96 Å². The number of nitrogens with one attached hydrogen (secondary N) is 2. The number of amides is 1. The minimum absolute atomic E-state index is 0. The fourth-order valence-corrected chi connectivity index (χ4v) is 3.10. The number of nitrogens with zero attached hydrogens (tertiary/aromatic N) is 2. The van der Waals surface area contributed by atoms with E-state index in [1.54, 1.807) is 0 Å². The van der Waals surface area contributed by atoms with Crippen LogP contribution >= 0.6 is 24.0 Å². The van der Waals surface area contributed by atoms with E-state index in [4.69, 9.17) is 9.73 Å². The zero-order chi connectivity index (χ0) is 19.6. The number of carbonyl (C=O) groups excluding carboxylic acids is 1. The molecule has 0 radical (unpaired) electrons. The topological polar surface area (TPSA) is 86.2 Å². The summed E-state index contributed by atoms with van der Waals surface area (Å²) in [6.07, 6.45) is 3.48. The number of hydrogen-bond acceptors (Lipinski definition) is 4. The van der Waals surface area contributed by atoms with Gasteiger partial charge in [-0.15, -0.1) is 24.0 Å². The van der Waals surface area contributed by atoms with Crippen LogP contribution in [-0.2, 0) is 4.74 Å². The normalized spacial score (nSPS) is 18.7. The molecule has 0 spiro atoms. The number of halogens is 1. The molecule has 1 saturated heterocycles. The van der Waals surface area contributed by atoms with E-state index in [1.165, 1.54) is 0 Å². The average molecular weight is 498 g/mol. The molecule has 1 heterocycles. The van der Waals surface area contributed by atoms with Gasteiger partial charge in [0.05, 0.1) is 6.04 Å². The fourth-order valence-electron chi connectivity index (χ4n) is 3.10. The highest BCUT2D eigenvalue weighted by atomic mass is 127. The second-order valence-electron chi connectivity index (χ2n) is 7.94. The third-order valence-electron chi connectivity index (χ3n) is 4.28. The Bertz CT molecular complexity index is 449. The molecule has 2 unspecified atom stereocenters. The predicted molar refractivity (Wildman–Crippen MR) is 121 cm³/mol. The molecule has 3 N–H and O–H groups in total. The van der Waals surface area contributed by atoms with Crippen molar-refractivity contribution in [2.45, 2.75) is 71.9 Å². The van der Waals surface area contributed by atoms with E-state index in [1.807, 2.05) is 20.8 Å². The van der Waals surface area contributed by atoms with Gasteiger partial charge < -0.3 is 25.4 Å². The van der Waals surface area contributed by atoms with Crippen LogP contribution in [0.3, 0.4) is 0 Å². The first-order chi connectivity index (χ1) is 12.3. The average Bonchev–Trinajstić information content (AvgIpc) is 2.97. The van der Waals surface area contributed by atoms with Gasteiger partial charge in [0.1, 0.15) is 5.60 Å². The number of ether oxygens (including phenoxy) is 1. The number of aliphatic imine (C=N–C) groups is 1. The van der Waals surface area contributed by atoms with Gasteiger partial charge in [-0.3, -0.25) is 4.99 Å². The summed E-state index contributed by atoms with van der Waals surface area (Å²) in [5.41, 5.74) is -0.486. The number of carbonyl (C=O) groups is 1. The van der Waals surface area contributed by atoms with E-state index >= 15 is 0 Å². The highest BCUT2D eigenvalue weighted by molar-refractivity contribution is 14.0. The molecular weight excluding hydrogens is 459 g/mol. The van der Waals surface area contributed by atoms with Gasteiger partial charge in [0.25, 0.3) is 0 Å². The van der Waals surface area contributed by atoms with E-state index in [9.17, 15) is 9.90 Å². The summed E-state index contributed by atoms with van der Waals surface area (Å²) in [6, 6.07) is 0.0672. The van der Waals surface area contributed by atoms with Crippen molar-refractivity contribution in [1.82, 2.24) is 15.5 Å². The van der Waals surface area contributed by atoms with Crippen molar-refractivity contribution < 1.29 is 14.6 Å². The lowest BCUT2D eigenvalue weighted by Gasteiger charge is -2.24. The van der Waals surface area contributed by atoms with Crippen LogP contribution < -0.4 is 10.6 Å². The second kappa shape index (κ2) is 13.4. The van der Waals surface area contributed by atoms with Crippen molar-refractivity contribution >= 4 is 36.0 Å². The van der Waals surface area contributed by atoms with Gasteiger partial charge in [0.2, 0.25) is 0 Å². The van der Waals surface area contributed by atoms with Crippen molar-refractivity contribution in [3.63, 3.8) is 0 Å². The van der Waals surface area contributed by atoms with E-state index < -0.39 is 5.60 Å². The molecule has 0 aliphatic carbocycles. The van der Waals surface area contributed by atoms with Crippen LogP contribution in [0.4, 0.5) is 4.79 Å². The molecule has 1 rings (SSSR count). The van der Waals surface area contributed by atoms with Crippen LogP contribution in [0.1, 0.15) is 60.3 Å². The van der Waals surface area contributed by atoms with Gasteiger partial charge in [-0.1, -0.05) is 13.3 Å². The Hall–Kier alpha value is -0.770. The molecule has 27 heavy (non-hydrogen) atoms. The molecule has 2 atom stereocenters. The highest BCUT2D eigenvalue weighted by Crippen LogP contribution is 2.14. The summed E-state index contributed by atoms with van der Waals surface area (Å²) < 4.78 is 5.34. The quantitative estimate of drug-likeness (QED) is 0.272. The van der Waals surface area contributed by atoms with Crippen molar-refractivity contribution in [2.75, 3.05) is 32.8 Å². The van der Waals surface area contributed by atoms with Gasteiger partial charge in [-0.25, -0.2) is 4.79 Å². The predicted octanol–water partition coefficient (Wildman–Crippen LogP) is 2.97. The summed E-state index contributed by atoms with van der Waals surface area (Å²) in [5, 5.41) is 15.5. The molecule has 1 aliphatic heterocycles. The molecule has 0 aromatic rings. The third kappa shape index (κ3) is 11.0. The number of hydrogen-bond donors (Lipinski definition) is 3. The van der Waals surface area contributed by atoms with E-state index in [2.05, 4.69) is 29.4 Å². The Morgan fingerprint density at radius 2 is 2.04 bits per heavy atom. The lowest BCUT2D eigenvalue weighted by atomic mass is 10.0. The van der Waals surface area contributed by atoms with Gasteiger partial charge in [0, 0.05) is 32.8 Å². The Morgan fingerprint density at radius 3 is 2.59 bits per heavy atom. The lowest BCUT2D eigenvalue weighted by Crippen LogP contribution is -2.44. The molecule has 7 nitrogen and oxygen atoms in total. The van der Waals surface area contributed by atoms with Gasteiger partial charge >= 0.3 is 6.09 Å². The Labute approximate surface area is 181 Å². The first-order valence-electron chi connectivity index (χ1n) is 9.92. The van der Waals surface area contributed by atoms with Crippen molar-refractivity contribution in [3.05, 3.63) is 0 Å². The maximum atomic E-state index is 12.0. The molecule has 160 valence electrons. The zero-order valence-electron chi connectivity index (χ0n) is 17.6. The van der Waals surface area contributed by atoms with Crippen LogP contribution in [0.25, 0.3) is 0 Å². The van der Waals surface area contributed by atoms with E-state index in [0.717, 1.165) is 57.8 Å².